The second-order valence-electron chi connectivity index (χ2n) is 5.98. The van der Waals surface area contributed by atoms with Crippen LogP contribution in [0.25, 0.3) is 0 Å². The van der Waals surface area contributed by atoms with E-state index < -0.39 is 0 Å². The van der Waals surface area contributed by atoms with Crippen LogP contribution in [-0.2, 0) is 14.3 Å². The molecule has 3 rings (SSSR count). The number of hydrogen-bond donors (Lipinski definition) is 2. The summed E-state index contributed by atoms with van der Waals surface area (Å²) in [5.41, 5.74) is 3.09. The van der Waals surface area contributed by atoms with E-state index in [0.717, 1.165) is 50.8 Å². The lowest BCUT2D eigenvalue weighted by molar-refractivity contribution is -0.115. The molecule has 0 atom stereocenters. The Bertz CT molecular complexity index is 561. The Balaban J connectivity index is 0.00000225. The first-order valence-corrected chi connectivity index (χ1v) is 8.52. The number of carbonyl (C=O) groups excluding carboxylic acids is 1. The monoisotopic (exact) mass is 370 g/mol. The Morgan fingerprint density at radius 2 is 1.64 bits per heavy atom. The summed E-state index contributed by atoms with van der Waals surface area (Å²) >= 11 is 0. The molecule has 2 fully saturated rings. The normalized spacial score (nSPS) is 17.8. The summed E-state index contributed by atoms with van der Waals surface area (Å²) < 4.78 is 10.9. The molecule has 0 aromatic heterocycles. The van der Waals surface area contributed by atoms with Crippen molar-refractivity contribution in [2.75, 3.05) is 81.3 Å². The van der Waals surface area contributed by atoms with E-state index in [1.54, 1.807) is 7.05 Å². The standard InChI is InChI=1S/C17H26N4O3.ClH/c1-18-13-17(22)19-15-3-2-14(20-4-8-23-9-5-20)12-16(15)21-6-10-24-11-7-21;/h2-3,12,18H,4-11,13H2,1H3,(H,19,22);1H. The van der Waals surface area contributed by atoms with E-state index in [9.17, 15) is 4.79 Å². The van der Waals surface area contributed by atoms with Crippen LogP contribution in [0.2, 0.25) is 0 Å². The molecule has 0 saturated carbocycles. The van der Waals surface area contributed by atoms with Crippen LogP contribution < -0.4 is 20.4 Å². The van der Waals surface area contributed by atoms with Crippen molar-refractivity contribution >= 4 is 35.4 Å². The molecule has 0 aliphatic carbocycles. The fourth-order valence-electron chi connectivity index (χ4n) is 3.06. The van der Waals surface area contributed by atoms with Crippen molar-refractivity contribution < 1.29 is 14.3 Å². The number of nitrogens with zero attached hydrogens (tertiary/aromatic N) is 2. The molecule has 7 nitrogen and oxygen atoms in total. The number of likely N-dealkylation sites (N-methyl/N-ethyl adjacent to an activating group) is 1. The molecule has 0 bridgehead atoms. The summed E-state index contributed by atoms with van der Waals surface area (Å²) in [6.45, 7) is 6.71. The van der Waals surface area contributed by atoms with Gasteiger partial charge in [0.25, 0.3) is 0 Å². The molecule has 1 amide bonds. The van der Waals surface area contributed by atoms with Crippen LogP contribution in [0, 0.1) is 0 Å². The van der Waals surface area contributed by atoms with Gasteiger partial charge in [-0.3, -0.25) is 4.79 Å². The lowest BCUT2D eigenvalue weighted by Gasteiger charge is -2.33. The molecule has 25 heavy (non-hydrogen) atoms. The largest absolute Gasteiger partial charge is 0.378 e. The number of benzene rings is 1. The summed E-state index contributed by atoms with van der Waals surface area (Å²) in [6, 6.07) is 6.25. The van der Waals surface area contributed by atoms with Gasteiger partial charge in [0, 0.05) is 31.9 Å². The van der Waals surface area contributed by atoms with Gasteiger partial charge in [0.15, 0.2) is 0 Å². The topological polar surface area (TPSA) is 66.1 Å². The fourth-order valence-corrected chi connectivity index (χ4v) is 3.06. The van der Waals surface area contributed by atoms with Crippen molar-refractivity contribution in [3.05, 3.63) is 18.2 Å². The SMILES string of the molecule is CNCC(=O)Nc1ccc(N2CCOCC2)cc1N1CCOCC1.Cl. The summed E-state index contributed by atoms with van der Waals surface area (Å²) in [6.07, 6.45) is 0. The third kappa shape index (κ3) is 5.22. The van der Waals surface area contributed by atoms with Crippen molar-refractivity contribution in [2.24, 2.45) is 0 Å². The molecule has 2 heterocycles. The Kier molecular flexibility index (Phi) is 7.77. The Morgan fingerprint density at radius 3 is 2.24 bits per heavy atom. The minimum Gasteiger partial charge on any atom is -0.378 e. The van der Waals surface area contributed by atoms with Crippen molar-refractivity contribution in [3.63, 3.8) is 0 Å². The van der Waals surface area contributed by atoms with Crippen molar-refractivity contribution in [2.45, 2.75) is 0 Å². The van der Waals surface area contributed by atoms with Gasteiger partial charge in [0.05, 0.1) is 44.3 Å². The maximum atomic E-state index is 12.0. The van der Waals surface area contributed by atoms with E-state index >= 15 is 0 Å². The Labute approximate surface area is 155 Å². The van der Waals surface area contributed by atoms with Crippen LogP contribution in [0.15, 0.2) is 18.2 Å². The first-order chi connectivity index (χ1) is 11.8. The van der Waals surface area contributed by atoms with Crippen molar-refractivity contribution in [1.29, 1.82) is 0 Å². The van der Waals surface area contributed by atoms with Crippen molar-refractivity contribution in [3.8, 4) is 0 Å². The second kappa shape index (κ2) is 9.82. The summed E-state index contributed by atoms with van der Waals surface area (Å²) in [7, 11) is 1.77. The van der Waals surface area contributed by atoms with Gasteiger partial charge in [-0.15, -0.1) is 12.4 Å². The molecule has 8 heteroatoms. The minimum atomic E-state index is -0.0360. The number of hydrogen-bond acceptors (Lipinski definition) is 6. The number of nitrogens with one attached hydrogen (secondary N) is 2. The first-order valence-electron chi connectivity index (χ1n) is 8.52. The number of ether oxygens (including phenoxy) is 2. The number of rotatable bonds is 5. The van der Waals surface area contributed by atoms with Crippen LogP contribution in [-0.4, -0.2) is 72.1 Å². The maximum absolute atomic E-state index is 12.0. The van der Waals surface area contributed by atoms with Gasteiger partial charge in [-0.1, -0.05) is 0 Å². The first kappa shape index (κ1) is 19.8. The molecule has 2 saturated heterocycles. The van der Waals surface area contributed by atoms with Crippen LogP contribution >= 0.6 is 12.4 Å². The number of anilines is 3. The van der Waals surface area contributed by atoms with E-state index in [2.05, 4.69) is 32.6 Å². The van der Waals surface area contributed by atoms with E-state index in [1.807, 2.05) is 6.07 Å². The van der Waals surface area contributed by atoms with E-state index in [1.165, 1.54) is 5.69 Å². The highest BCUT2D eigenvalue weighted by atomic mass is 35.5. The Morgan fingerprint density at radius 1 is 1.04 bits per heavy atom. The van der Waals surface area contributed by atoms with Crippen LogP contribution in [0.5, 0.6) is 0 Å². The molecule has 140 valence electrons. The van der Waals surface area contributed by atoms with Gasteiger partial charge in [0.1, 0.15) is 0 Å². The highest BCUT2D eigenvalue weighted by molar-refractivity contribution is 5.96. The van der Waals surface area contributed by atoms with Crippen LogP contribution in [0.3, 0.4) is 0 Å². The zero-order chi connectivity index (χ0) is 16.8. The van der Waals surface area contributed by atoms with E-state index in [-0.39, 0.29) is 18.3 Å². The quantitative estimate of drug-likeness (QED) is 0.804. The zero-order valence-electron chi connectivity index (χ0n) is 14.6. The van der Waals surface area contributed by atoms with Crippen LogP contribution in [0.4, 0.5) is 17.1 Å². The minimum absolute atomic E-state index is 0. The van der Waals surface area contributed by atoms with Gasteiger partial charge >= 0.3 is 0 Å². The number of amides is 1. The predicted molar refractivity (Wildman–Crippen MR) is 102 cm³/mol. The average Bonchev–Trinajstić information content (AvgIpc) is 2.64. The summed E-state index contributed by atoms with van der Waals surface area (Å²) in [4.78, 5) is 16.6. The van der Waals surface area contributed by atoms with E-state index in [0.29, 0.717) is 19.8 Å². The van der Waals surface area contributed by atoms with Crippen LogP contribution in [0.1, 0.15) is 0 Å². The van der Waals surface area contributed by atoms with Crippen molar-refractivity contribution in [1.82, 2.24) is 5.32 Å². The number of carbonyl (C=O) groups is 1. The number of halogens is 1. The smallest absolute Gasteiger partial charge is 0.238 e. The summed E-state index contributed by atoms with van der Waals surface area (Å²) in [5, 5.41) is 5.89. The average molecular weight is 371 g/mol. The molecule has 2 N–H and O–H groups in total. The molecule has 1 aromatic carbocycles. The molecule has 0 radical (unpaired) electrons. The van der Waals surface area contributed by atoms with Gasteiger partial charge < -0.3 is 29.9 Å². The van der Waals surface area contributed by atoms with Gasteiger partial charge in [-0.2, -0.15) is 0 Å². The summed E-state index contributed by atoms with van der Waals surface area (Å²) in [5.74, 6) is -0.0360. The molecule has 2 aliphatic rings. The lowest BCUT2D eigenvalue weighted by Crippen LogP contribution is -2.38. The molecular weight excluding hydrogens is 344 g/mol. The number of morpholine rings is 2. The third-order valence-electron chi connectivity index (χ3n) is 4.32. The third-order valence-corrected chi connectivity index (χ3v) is 4.32. The van der Waals surface area contributed by atoms with Gasteiger partial charge in [-0.25, -0.2) is 0 Å². The lowest BCUT2D eigenvalue weighted by atomic mass is 10.1. The molecule has 0 unspecified atom stereocenters. The fraction of sp³-hybridized carbons (Fsp3) is 0.588. The second-order valence-corrected chi connectivity index (χ2v) is 5.98. The molecular formula is C17H27ClN4O3. The molecule has 2 aliphatic heterocycles. The van der Waals surface area contributed by atoms with Gasteiger partial charge in [-0.05, 0) is 25.2 Å². The maximum Gasteiger partial charge on any atom is 0.238 e. The predicted octanol–water partition coefficient (Wildman–Crippen LogP) is 0.939. The Hall–Kier alpha value is -1.54. The molecule has 0 spiro atoms. The molecule has 1 aromatic rings. The highest BCUT2D eigenvalue weighted by Crippen LogP contribution is 2.32. The highest BCUT2D eigenvalue weighted by Gasteiger charge is 2.19. The van der Waals surface area contributed by atoms with E-state index in [4.69, 9.17) is 9.47 Å². The van der Waals surface area contributed by atoms with Gasteiger partial charge in [0.2, 0.25) is 5.91 Å². The zero-order valence-corrected chi connectivity index (χ0v) is 15.4.